The third-order valence-corrected chi connectivity index (χ3v) is 6.79. The first-order chi connectivity index (χ1) is 14.2. The monoisotopic (exact) mass is 438 g/mol. The van der Waals surface area contributed by atoms with Crippen LogP contribution in [0.4, 0.5) is 0 Å². The summed E-state index contributed by atoms with van der Waals surface area (Å²) in [7, 11) is 0. The number of nitrogens with zero attached hydrogens (tertiary/aromatic N) is 3. The Bertz CT molecular complexity index is 1250. The van der Waals surface area contributed by atoms with Crippen LogP contribution in [0.1, 0.15) is 0 Å². The standard InChI is InChI=1S/C20H14N4O2S3/c21-8-9-22-16(25)12-29-20-23-18-17(14(11-28-18)15-7-4-10-27-15)19(26)24(20)13-5-2-1-3-6-13/h1-7,10-11H,9,12H2,(H,22,25). The lowest BCUT2D eigenvalue weighted by Crippen LogP contribution is -2.26. The van der Waals surface area contributed by atoms with Gasteiger partial charge in [0.25, 0.3) is 5.56 Å². The molecule has 3 heterocycles. The first kappa shape index (κ1) is 19.4. The molecule has 144 valence electrons. The number of carbonyl (C=O) groups excluding carboxylic acids is 1. The maximum absolute atomic E-state index is 13.5. The van der Waals surface area contributed by atoms with Crippen LogP contribution >= 0.6 is 34.4 Å². The maximum atomic E-state index is 13.5. The van der Waals surface area contributed by atoms with Crippen molar-refractivity contribution in [2.75, 3.05) is 12.3 Å². The Morgan fingerprint density at radius 1 is 1.21 bits per heavy atom. The average molecular weight is 439 g/mol. The van der Waals surface area contributed by atoms with Crippen molar-refractivity contribution >= 4 is 50.6 Å². The van der Waals surface area contributed by atoms with E-state index in [2.05, 4.69) is 5.32 Å². The van der Waals surface area contributed by atoms with Gasteiger partial charge >= 0.3 is 0 Å². The van der Waals surface area contributed by atoms with Crippen LogP contribution in [0.25, 0.3) is 26.3 Å². The van der Waals surface area contributed by atoms with Crippen molar-refractivity contribution in [3.8, 4) is 22.2 Å². The highest BCUT2D eigenvalue weighted by atomic mass is 32.2. The topological polar surface area (TPSA) is 87.8 Å². The van der Waals surface area contributed by atoms with Gasteiger partial charge in [-0.2, -0.15) is 5.26 Å². The summed E-state index contributed by atoms with van der Waals surface area (Å²) >= 11 is 4.17. The number of nitrogens with one attached hydrogen (secondary N) is 1. The Kier molecular flexibility index (Phi) is 5.76. The summed E-state index contributed by atoms with van der Waals surface area (Å²) in [6.45, 7) is -0.0492. The van der Waals surface area contributed by atoms with Gasteiger partial charge in [-0.25, -0.2) is 4.98 Å². The molecule has 0 atom stereocenters. The molecule has 0 aliphatic carbocycles. The number of benzene rings is 1. The van der Waals surface area contributed by atoms with E-state index in [0.29, 0.717) is 21.1 Å². The van der Waals surface area contributed by atoms with Crippen LogP contribution in [0.15, 0.2) is 63.2 Å². The van der Waals surface area contributed by atoms with E-state index >= 15 is 0 Å². The molecule has 1 N–H and O–H groups in total. The van der Waals surface area contributed by atoms with Gasteiger partial charge in [-0.3, -0.25) is 14.2 Å². The largest absolute Gasteiger partial charge is 0.342 e. The number of para-hydroxylation sites is 1. The van der Waals surface area contributed by atoms with Gasteiger partial charge in [0.2, 0.25) is 5.91 Å². The summed E-state index contributed by atoms with van der Waals surface area (Å²) in [6, 6.07) is 15.1. The zero-order valence-corrected chi connectivity index (χ0v) is 17.4. The Hall–Kier alpha value is -2.93. The number of fused-ring (bicyclic) bond motifs is 1. The molecular weight excluding hydrogens is 424 g/mol. The highest BCUT2D eigenvalue weighted by Crippen LogP contribution is 2.35. The number of carbonyl (C=O) groups is 1. The third-order valence-electron chi connectivity index (χ3n) is 4.08. The van der Waals surface area contributed by atoms with Crippen molar-refractivity contribution in [1.82, 2.24) is 14.9 Å². The summed E-state index contributed by atoms with van der Waals surface area (Å²) in [6.07, 6.45) is 0. The van der Waals surface area contributed by atoms with Crippen LogP contribution < -0.4 is 10.9 Å². The van der Waals surface area contributed by atoms with E-state index < -0.39 is 0 Å². The van der Waals surface area contributed by atoms with Gasteiger partial charge in [0.05, 0.1) is 22.9 Å². The van der Waals surface area contributed by atoms with Crippen LogP contribution in [-0.4, -0.2) is 27.8 Å². The Labute approximate surface area is 178 Å². The van der Waals surface area contributed by atoms with Crippen molar-refractivity contribution in [2.24, 2.45) is 0 Å². The van der Waals surface area contributed by atoms with E-state index in [1.54, 1.807) is 15.9 Å². The van der Waals surface area contributed by atoms with Crippen molar-refractivity contribution in [3.05, 3.63) is 63.6 Å². The van der Waals surface area contributed by atoms with E-state index in [1.165, 1.54) is 23.1 Å². The number of hydrogen-bond acceptors (Lipinski definition) is 7. The molecule has 29 heavy (non-hydrogen) atoms. The zero-order chi connectivity index (χ0) is 20.2. The number of aromatic nitrogens is 2. The fraction of sp³-hybridized carbons (Fsp3) is 0.100. The Morgan fingerprint density at radius 2 is 2.03 bits per heavy atom. The van der Waals surface area contributed by atoms with E-state index in [1.807, 2.05) is 59.3 Å². The molecule has 0 fully saturated rings. The Morgan fingerprint density at radius 3 is 2.76 bits per heavy atom. The predicted molar refractivity (Wildman–Crippen MR) is 118 cm³/mol. The summed E-state index contributed by atoms with van der Waals surface area (Å²) in [5, 5.41) is 16.1. The lowest BCUT2D eigenvalue weighted by molar-refractivity contribution is -0.118. The van der Waals surface area contributed by atoms with Crippen molar-refractivity contribution in [2.45, 2.75) is 5.16 Å². The molecule has 0 radical (unpaired) electrons. The number of hydrogen-bond donors (Lipinski definition) is 1. The van der Waals surface area contributed by atoms with Crippen LogP contribution in [0.2, 0.25) is 0 Å². The smallest absolute Gasteiger partial charge is 0.268 e. The molecule has 1 aromatic carbocycles. The number of thioether (sulfide) groups is 1. The second kappa shape index (κ2) is 8.61. The minimum atomic E-state index is -0.282. The summed E-state index contributed by atoms with van der Waals surface area (Å²) in [5.41, 5.74) is 1.41. The third kappa shape index (κ3) is 3.96. The fourth-order valence-corrected chi connectivity index (χ4v) is 5.45. The molecular formula is C20H14N4O2S3. The maximum Gasteiger partial charge on any atom is 0.268 e. The first-order valence-corrected chi connectivity index (χ1v) is 11.3. The molecule has 0 bridgehead atoms. The minimum absolute atomic E-state index is 0.0492. The zero-order valence-electron chi connectivity index (χ0n) is 15.0. The van der Waals surface area contributed by atoms with Crippen molar-refractivity contribution in [1.29, 1.82) is 5.26 Å². The molecule has 3 aromatic heterocycles. The quantitative estimate of drug-likeness (QED) is 0.280. The van der Waals surface area contributed by atoms with Crippen LogP contribution in [0.5, 0.6) is 0 Å². The highest BCUT2D eigenvalue weighted by molar-refractivity contribution is 7.99. The molecule has 0 aliphatic heterocycles. The number of thiophene rings is 2. The first-order valence-electron chi connectivity index (χ1n) is 8.59. The van der Waals surface area contributed by atoms with E-state index in [-0.39, 0.29) is 23.8 Å². The van der Waals surface area contributed by atoms with Gasteiger partial charge in [0, 0.05) is 15.8 Å². The molecule has 6 nitrogen and oxygen atoms in total. The van der Waals surface area contributed by atoms with Crippen LogP contribution in [0, 0.1) is 11.3 Å². The van der Waals surface area contributed by atoms with Crippen LogP contribution in [-0.2, 0) is 4.79 Å². The molecule has 9 heteroatoms. The number of nitriles is 1. The summed E-state index contributed by atoms with van der Waals surface area (Å²) in [4.78, 5) is 31.8. The highest BCUT2D eigenvalue weighted by Gasteiger charge is 2.19. The van der Waals surface area contributed by atoms with E-state index in [9.17, 15) is 9.59 Å². The molecule has 1 amide bonds. The van der Waals surface area contributed by atoms with Gasteiger partial charge in [0.1, 0.15) is 11.4 Å². The van der Waals surface area contributed by atoms with Crippen molar-refractivity contribution in [3.63, 3.8) is 0 Å². The number of amides is 1. The van der Waals surface area contributed by atoms with Crippen LogP contribution in [0.3, 0.4) is 0 Å². The molecule has 4 aromatic rings. The van der Waals surface area contributed by atoms with Crippen molar-refractivity contribution < 1.29 is 4.79 Å². The van der Waals surface area contributed by atoms with Gasteiger partial charge in [-0.05, 0) is 23.6 Å². The Balaban J connectivity index is 1.84. The molecule has 4 rings (SSSR count). The van der Waals surface area contributed by atoms with Gasteiger partial charge in [0.15, 0.2) is 5.16 Å². The normalized spacial score (nSPS) is 10.7. The lowest BCUT2D eigenvalue weighted by atomic mass is 10.2. The molecule has 0 unspecified atom stereocenters. The van der Waals surface area contributed by atoms with Gasteiger partial charge in [-0.15, -0.1) is 22.7 Å². The second-order valence-corrected chi connectivity index (χ2v) is 8.65. The summed E-state index contributed by atoms with van der Waals surface area (Å²) in [5.74, 6) is -0.216. The van der Waals surface area contributed by atoms with Gasteiger partial charge in [-0.1, -0.05) is 36.0 Å². The van der Waals surface area contributed by atoms with Gasteiger partial charge < -0.3 is 5.32 Å². The fourth-order valence-electron chi connectivity index (χ4n) is 2.81. The predicted octanol–water partition coefficient (Wildman–Crippen LogP) is 3.91. The summed E-state index contributed by atoms with van der Waals surface area (Å²) < 4.78 is 1.55. The molecule has 0 saturated carbocycles. The number of rotatable bonds is 6. The molecule has 0 saturated heterocycles. The average Bonchev–Trinajstić information content (AvgIpc) is 3.41. The van der Waals surface area contributed by atoms with E-state index in [0.717, 1.165) is 10.4 Å². The second-order valence-electron chi connectivity index (χ2n) is 5.90. The SMILES string of the molecule is N#CCNC(=O)CSc1nc2scc(-c3cccs3)c2c(=O)n1-c1ccccc1. The molecule has 0 spiro atoms. The molecule has 0 aliphatic rings. The van der Waals surface area contributed by atoms with E-state index in [4.69, 9.17) is 10.2 Å². The lowest BCUT2D eigenvalue weighted by Gasteiger charge is -2.12. The minimum Gasteiger partial charge on any atom is -0.342 e.